The van der Waals surface area contributed by atoms with E-state index in [9.17, 15) is 9.59 Å². The molecule has 4 aromatic carbocycles. The minimum absolute atomic E-state index is 0.243. The lowest BCUT2D eigenvalue weighted by molar-refractivity contribution is -0.119. The van der Waals surface area contributed by atoms with E-state index in [-0.39, 0.29) is 5.56 Å². The Morgan fingerprint density at radius 2 is 1.31 bits per heavy atom. The molecule has 0 saturated heterocycles. The normalized spacial score (nSPS) is 10.8. The zero-order valence-corrected chi connectivity index (χ0v) is 24.3. The first-order chi connectivity index (χ1) is 20.2. The van der Waals surface area contributed by atoms with Gasteiger partial charge in [0.1, 0.15) is 11.5 Å². The van der Waals surface area contributed by atoms with E-state index in [1.54, 1.807) is 24.3 Å². The molecule has 1 N–H and O–H groups in total. The van der Waals surface area contributed by atoms with Crippen molar-refractivity contribution >= 4 is 40.2 Å². The number of esters is 1. The number of benzene rings is 4. The summed E-state index contributed by atoms with van der Waals surface area (Å²) in [5.74, 6) is -0.492. The van der Waals surface area contributed by atoms with Crippen molar-refractivity contribution in [1.82, 2.24) is 9.97 Å². The highest BCUT2D eigenvalue weighted by Crippen LogP contribution is 2.36. The van der Waals surface area contributed by atoms with Crippen molar-refractivity contribution in [3.8, 4) is 34.0 Å². The number of carbonyl (C=O) groups is 2. The topological polar surface area (TPSA) is 99.6 Å². The van der Waals surface area contributed by atoms with Crippen LogP contribution in [-0.2, 0) is 9.53 Å². The number of rotatable bonds is 8. The molecule has 8 nitrogen and oxygen atoms in total. The fourth-order valence-corrected chi connectivity index (χ4v) is 4.61. The van der Waals surface area contributed by atoms with Gasteiger partial charge in [-0.2, -0.15) is 0 Å². The van der Waals surface area contributed by atoms with E-state index in [1.165, 1.54) is 20.3 Å². The summed E-state index contributed by atoms with van der Waals surface area (Å²) in [6, 6.07) is 24.2. The summed E-state index contributed by atoms with van der Waals surface area (Å²) in [5, 5.41) is 2.93. The monoisotopic (exact) mass is 581 g/mol. The van der Waals surface area contributed by atoms with E-state index in [0.717, 1.165) is 27.9 Å². The molecular formula is C33H28ClN3O5. The third kappa shape index (κ3) is 6.19. The molecule has 0 aliphatic heterocycles. The lowest BCUT2D eigenvalue weighted by Gasteiger charge is -2.13. The SMILES string of the molecule is COc1cc(OC)c(NC(=O)COC(=O)c2ccc3nc(-c4ccc(C)cc4)c(-c4ccc(C)cc4)nc3c2)cc1Cl. The number of amides is 1. The third-order valence-electron chi connectivity index (χ3n) is 6.63. The maximum atomic E-state index is 12.9. The molecular weight excluding hydrogens is 554 g/mol. The lowest BCUT2D eigenvalue weighted by Crippen LogP contribution is -2.21. The quantitative estimate of drug-likeness (QED) is 0.196. The predicted octanol–water partition coefficient (Wildman–Crippen LogP) is 7.05. The van der Waals surface area contributed by atoms with Crippen LogP contribution in [0.2, 0.25) is 5.02 Å². The van der Waals surface area contributed by atoms with Gasteiger partial charge in [-0.15, -0.1) is 0 Å². The Morgan fingerprint density at radius 3 is 1.88 bits per heavy atom. The van der Waals surface area contributed by atoms with Crippen LogP contribution in [-0.4, -0.2) is 42.7 Å². The summed E-state index contributed by atoms with van der Waals surface area (Å²) in [5.41, 5.74) is 7.28. The molecule has 0 aliphatic carbocycles. The fraction of sp³-hybridized carbons (Fsp3) is 0.152. The van der Waals surface area contributed by atoms with Crippen LogP contribution in [0.1, 0.15) is 21.5 Å². The Bertz CT molecular complexity index is 1790. The second kappa shape index (κ2) is 12.3. The number of aryl methyl sites for hydroxylation is 2. The Morgan fingerprint density at radius 1 is 0.738 bits per heavy atom. The largest absolute Gasteiger partial charge is 0.495 e. The number of ether oxygens (including phenoxy) is 3. The summed E-state index contributed by atoms with van der Waals surface area (Å²) < 4.78 is 15.8. The van der Waals surface area contributed by atoms with Gasteiger partial charge in [-0.25, -0.2) is 14.8 Å². The Balaban J connectivity index is 1.39. The average molecular weight is 582 g/mol. The molecule has 42 heavy (non-hydrogen) atoms. The second-order valence-electron chi connectivity index (χ2n) is 9.67. The van der Waals surface area contributed by atoms with Gasteiger partial charge in [-0.1, -0.05) is 71.3 Å². The Hall–Kier alpha value is -4.95. The minimum Gasteiger partial charge on any atom is -0.495 e. The highest BCUT2D eigenvalue weighted by Gasteiger charge is 2.18. The molecule has 5 rings (SSSR count). The molecule has 9 heteroatoms. The molecule has 0 fully saturated rings. The Kier molecular flexibility index (Phi) is 8.36. The van der Waals surface area contributed by atoms with Gasteiger partial charge in [-0.05, 0) is 38.1 Å². The summed E-state index contributed by atoms with van der Waals surface area (Å²) >= 11 is 6.18. The number of halogens is 1. The van der Waals surface area contributed by atoms with Gasteiger partial charge in [0.2, 0.25) is 0 Å². The molecule has 1 aromatic heterocycles. The number of fused-ring (bicyclic) bond motifs is 1. The van der Waals surface area contributed by atoms with Crippen LogP contribution in [0.3, 0.4) is 0 Å². The fourth-order valence-electron chi connectivity index (χ4n) is 4.37. The van der Waals surface area contributed by atoms with Gasteiger partial charge in [0.15, 0.2) is 6.61 Å². The van der Waals surface area contributed by atoms with E-state index in [2.05, 4.69) is 5.32 Å². The molecule has 0 unspecified atom stereocenters. The predicted molar refractivity (Wildman–Crippen MR) is 163 cm³/mol. The van der Waals surface area contributed by atoms with E-state index >= 15 is 0 Å². The van der Waals surface area contributed by atoms with E-state index in [4.69, 9.17) is 35.8 Å². The second-order valence-corrected chi connectivity index (χ2v) is 10.1. The van der Waals surface area contributed by atoms with Gasteiger partial charge in [0.25, 0.3) is 5.91 Å². The van der Waals surface area contributed by atoms with Crippen molar-refractivity contribution in [2.45, 2.75) is 13.8 Å². The molecule has 1 heterocycles. The maximum Gasteiger partial charge on any atom is 0.338 e. The van der Waals surface area contributed by atoms with Crippen molar-refractivity contribution in [2.24, 2.45) is 0 Å². The molecule has 0 atom stereocenters. The summed E-state index contributed by atoms with van der Waals surface area (Å²) in [6.45, 7) is 3.54. The summed E-state index contributed by atoms with van der Waals surface area (Å²) in [6.07, 6.45) is 0. The highest BCUT2D eigenvalue weighted by atomic mass is 35.5. The van der Waals surface area contributed by atoms with Crippen LogP contribution in [0.5, 0.6) is 11.5 Å². The molecule has 5 aromatic rings. The molecule has 0 bridgehead atoms. The van der Waals surface area contributed by atoms with Gasteiger partial charge < -0.3 is 19.5 Å². The van der Waals surface area contributed by atoms with Crippen molar-refractivity contribution in [1.29, 1.82) is 0 Å². The maximum absolute atomic E-state index is 12.9. The number of aromatic nitrogens is 2. The van der Waals surface area contributed by atoms with E-state index in [0.29, 0.717) is 38.9 Å². The van der Waals surface area contributed by atoms with Crippen LogP contribution in [0, 0.1) is 13.8 Å². The zero-order valence-electron chi connectivity index (χ0n) is 23.5. The van der Waals surface area contributed by atoms with Crippen LogP contribution in [0.15, 0.2) is 78.9 Å². The number of hydrogen-bond donors (Lipinski definition) is 1. The number of methoxy groups -OCH3 is 2. The molecule has 1 amide bonds. The highest BCUT2D eigenvalue weighted by molar-refractivity contribution is 6.32. The van der Waals surface area contributed by atoms with Gasteiger partial charge in [-0.3, -0.25) is 4.79 Å². The molecule has 0 aliphatic rings. The number of hydrogen-bond acceptors (Lipinski definition) is 7. The van der Waals surface area contributed by atoms with Gasteiger partial charge in [0, 0.05) is 17.2 Å². The average Bonchev–Trinajstić information content (AvgIpc) is 3.00. The van der Waals surface area contributed by atoms with Gasteiger partial charge >= 0.3 is 5.97 Å². The number of carbonyl (C=O) groups excluding carboxylic acids is 2. The molecule has 212 valence electrons. The Labute approximate surface area is 248 Å². The van der Waals surface area contributed by atoms with E-state index < -0.39 is 18.5 Å². The standard InChI is InChI=1S/C33H28ClN3O5/c1-19-5-9-21(10-6-19)31-32(22-11-7-20(2)8-12-22)37-26-15-23(13-14-25(26)36-31)33(39)42-18-30(38)35-27-16-24(34)28(40-3)17-29(27)41-4/h5-17H,18H2,1-4H3,(H,35,38). The first kappa shape index (κ1) is 28.6. The lowest BCUT2D eigenvalue weighted by atomic mass is 10.0. The van der Waals surface area contributed by atoms with Crippen LogP contribution in [0.25, 0.3) is 33.5 Å². The molecule has 0 radical (unpaired) electrons. The minimum atomic E-state index is -0.673. The van der Waals surface area contributed by atoms with Gasteiger partial charge in [0.05, 0.1) is 52.9 Å². The summed E-state index contributed by atoms with van der Waals surface area (Å²) in [4.78, 5) is 35.3. The number of anilines is 1. The number of nitrogens with zero attached hydrogens (tertiary/aromatic N) is 2. The van der Waals surface area contributed by atoms with Crippen molar-refractivity contribution in [3.05, 3.63) is 101 Å². The van der Waals surface area contributed by atoms with Crippen LogP contribution in [0.4, 0.5) is 5.69 Å². The first-order valence-electron chi connectivity index (χ1n) is 13.1. The first-order valence-corrected chi connectivity index (χ1v) is 13.5. The van der Waals surface area contributed by atoms with Crippen molar-refractivity contribution < 1.29 is 23.8 Å². The molecule has 0 saturated carbocycles. The number of nitrogens with one attached hydrogen (secondary N) is 1. The van der Waals surface area contributed by atoms with Crippen molar-refractivity contribution in [2.75, 3.05) is 26.1 Å². The van der Waals surface area contributed by atoms with Crippen LogP contribution < -0.4 is 14.8 Å². The smallest absolute Gasteiger partial charge is 0.338 e. The zero-order chi connectivity index (χ0) is 29.8. The van der Waals surface area contributed by atoms with Crippen molar-refractivity contribution in [3.63, 3.8) is 0 Å². The third-order valence-corrected chi connectivity index (χ3v) is 6.93. The molecule has 0 spiro atoms. The van der Waals surface area contributed by atoms with Crippen LogP contribution >= 0.6 is 11.6 Å². The summed E-state index contributed by atoms with van der Waals surface area (Å²) in [7, 11) is 2.93. The van der Waals surface area contributed by atoms with E-state index in [1.807, 2.05) is 62.4 Å².